The van der Waals surface area contributed by atoms with E-state index in [2.05, 4.69) is 40.5 Å². The topological polar surface area (TPSA) is 58.5 Å². The normalized spacial score (nSPS) is 17.3. The molecule has 1 aromatic heterocycles. The Bertz CT molecular complexity index is 483. The van der Waals surface area contributed by atoms with E-state index in [4.69, 9.17) is 4.74 Å². The molecule has 0 aliphatic heterocycles. The van der Waals surface area contributed by atoms with Crippen molar-refractivity contribution in [2.45, 2.75) is 64.6 Å². The third-order valence-corrected chi connectivity index (χ3v) is 4.10. The third kappa shape index (κ3) is 4.90. The van der Waals surface area contributed by atoms with Crippen LogP contribution in [0.3, 0.4) is 0 Å². The summed E-state index contributed by atoms with van der Waals surface area (Å²) in [6.07, 6.45) is 7.98. The van der Waals surface area contributed by atoms with Gasteiger partial charge in [-0.25, -0.2) is 4.98 Å². The van der Waals surface area contributed by atoms with E-state index >= 15 is 0 Å². The molecule has 0 amide bonds. The summed E-state index contributed by atoms with van der Waals surface area (Å²) in [6.45, 7) is 4.96. The molecule has 5 heteroatoms. The van der Waals surface area contributed by atoms with Crippen molar-refractivity contribution in [1.29, 1.82) is 0 Å². The Morgan fingerprint density at radius 3 is 2.91 bits per heavy atom. The lowest BCUT2D eigenvalue weighted by molar-refractivity contribution is 0.199. The molecule has 0 bridgehead atoms. The summed E-state index contributed by atoms with van der Waals surface area (Å²) >= 11 is 0. The average Bonchev–Trinajstić information content (AvgIpc) is 3.05. The molecule has 122 valence electrons. The van der Waals surface area contributed by atoms with Crippen LogP contribution >= 0.6 is 0 Å². The number of ether oxygens (including phenoxy) is 1. The first-order valence-corrected chi connectivity index (χ1v) is 8.30. The molecule has 0 saturated heterocycles. The summed E-state index contributed by atoms with van der Waals surface area (Å²) in [4.78, 5) is 8.66. The molecular formula is C17H28N4O. The van der Waals surface area contributed by atoms with Gasteiger partial charge in [0, 0.05) is 31.4 Å². The molecule has 2 rings (SSSR count). The second-order valence-corrected chi connectivity index (χ2v) is 5.87. The van der Waals surface area contributed by atoms with Crippen LogP contribution < -0.4 is 15.4 Å². The number of pyridine rings is 1. The summed E-state index contributed by atoms with van der Waals surface area (Å²) < 4.78 is 6.06. The number of aromatic nitrogens is 1. The van der Waals surface area contributed by atoms with Crippen molar-refractivity contribution >= 4 is 5.96 Å². The lowest BCUT2D eigenvalue weighted by atomic mass is 10.2. The Kier molecular flexibility index (Phi) is 6.49. The third-order valence-electron chi connectivity index (χ3n) is 4.10. The summed E-state index contributed by atoms with van der Waals surface area (Å²) in [6, 6.07) is 4.40. The molecular weight excluding hydrogens is 276 g/mol. The molecule has 1 aliphatic carbocycles. The van der Waals surface area contributed by atoms with Gasteiger partial charge >= 0.3 is 0 Å². The molecule has 1 fully saturated rings. The Morgan fingerprint density at radius 2 is 2.23 bits per heavy atom. The predicted octanol–water partition coefficient (Wildman–Crippen LogP) is 2.87. The van der Waals surface area contributed by atoms with Gasteiger partial charge in [0.25, 0.3) is 0 Å². The summed E-state index contributed by atoms with van der Waals surface area (Å²) in [5, 5.41) is 6.69. The van der Waals surface area contributed by atoms with E-state index in [1.165, 1.54) is 12.8 Å². The maximum absolute atomic E-state index is 6.06. The van der Waals surface area contributed by atoms with Gasteiger partial charge in [-0.15, -0.1) is 0 Å². The minimum absolute atomic E-state index is 0.325. The average molecular weight is 304 g/mol. The van der Waals surface area contributed by atoms with Crippen molar-refractivity contribution in [3.63, 3.8) is 0 Å². The second-order valence-electron chi connectivity index (χ2n) is 5.87. The molecule has 1 saturated carbocycles. The van der Waals surface area contributed by atoms with Crippen molar-refractivity contribution in [1.82, 2.24) is 15.6 Å². The van der Waals surface area contributed by atoms with Crippen LogP contribution in [0, 0.1) is 0 Å². The molecule has 1 heterocycles. The van der Waals surface area contributed by atoms with Gasteiger partial charge in [-0.05, 0) is 45.1 Å². The highest BCUT2D eigenvalue weighted by atomic mass is 16.5. The fraction of sp³-hybridized carbons (Fsp3) is 0.647. The lowest BCUT2D eigenvalue weighted by Crippen LogP contribution is -2.41. The molecule has 0 radical (unpaired) electrons. The van der Waals surface area contributed by atoms with E-state index in [0.717, 1.165) is 36.7 Å². The van der Waals surface area contributed by atoms with Gasteiger partial charge < -0.3 is 15.4 Å². The van der Waals surface area contributed by atoms with Crippen LogP contribution in [-0.4, -0.2) is 30.1 Å². The molecule has 1 atom stereocenters. The van der Waals surface area contributed by atoms with Crippen LogP contribution in [0.4, 0.5) is 0 Å². The highest BCUT2D eigenvalue weighted by Gasteiger charge is 2.18. The Morgan fingerprint density at radius 1 is 1.45 bits per heavy atom. The molecule has 2 N–H and O–H groups in total. The van der Waals surface area contributed by atoms with Gasteiger partial charge in [0.15, 0.2) is 5.96 Å². The molecule has 0 spiro atoms. The first-order chi connectivity index (χ1) is 10.7. The zero-order valence-corrected chi connectivity index (χ0v) is 13.9. The van der Waals surface area contributed by atoms with E-state index < -0.39 is 0 Å². The van der Waals surface area contributed by atoms with Crippen molar-refractivity contribution < 1.29 is 4.74 Å². The molecule has 5 nitrogen and oxygen atoms in total. The first-order valence-electron chi connectivity index (χ1n) is 8.30. The number of aliphatic imine (C=N–C) groups is 1. The standard InChI is InChI=1S/C17H28N4O/c1-4-13(2)21-17(18-3)20-12-14-8-7-11-19-16(14)22-15-9-5-6-10-15/h7-8,11,13,15H,4-6,9-10,12H2,1-3H3,(H2,18,20,21). The molecule has 22 heavy (non-hydrogen) atoms. The highest BCUT2D eigenvalue weighted by molar-refractivity contribution is 5.79. The fourth-order valence-corrected chi connectivity index (χ4v) is 2.54. The summed E-state index contributed by atoms with van der Waals surface area (Å²) in [5.74, 6) is 1.56. The van der Waals surface area contributed by atoms with Crippen LogP contribution in [0.25, 0.3) is 0 Å². The second kappa shape index (κ2) is 8.61. The van der Waals surface area contributed by atoms with Gasteiger partial charge in [-0.1, -0.05) is 13.0 Å². The largest absolute Gasteiger partial charge is 0.474 e. The van der Waals surface area contributed by atoms with Crippen molar-refractivity contribution in [3.8, 4) is 5.88 Å². The monoisotopic (exact) mass is 304 g/mol. The van der Waals surface area contributed by atoms with Gasteiger partial charge in [-0.2, -0.15) is 0 Å². The van der Waals surface area contributed by atoms with E-state index in [1.54, 1.807) is 13.2 Å². The summed E-state index contributed by atoms with van der Waals surface area (Å²) in [7, 11) is 1.79. The number of nitrogens with one attached hydrogen (secondary N) is 2. The Labute approximate surface area is 133 Å². The van der Waals surface area contributed by atoms with Crippen molar-refractivity contribution in [2.75, 3.05) is 7.05 Å². The van der Waals surface area contributed by atoms with Crippen molar-refractivity contribution in [2.24, 2.45) is 4.99 Å². The number of hydrogen-bond donors (Lipinski definition) is 2. The van der Waals surface area contributed by atoms with E-state index in [0.29, 0.717) is 18.7 Å². The highest BCUT2D eigenvalue weighted by Crippen LogP contribution is 2.24. The minimum atomic E-state index is 0.325. The lowest BCUT2D eigenvalue weighted by Gasteiger charge is -2.18. The molecule has 1 aromatic rings. The predicted molar refractivity (Wildman–Crippen MR) is 90.2 cm³/mol. The van der Waals surface area contributed by atoms with E-state index in [9.17, 15) is 0 Å². The SMILES string of the molecule is CCC(C)NC(=NC)NCc1cccnc1OC1CCCC1. The Balaban J connectivity index is 1.94. The number of nitrogens with zero attached hydrogens (tertiary/aromatic N) is 2. The number of hydrogen-bond acceptors (Lipinski definition) is 3. The summed E-state index contributed by atoms with van der Waals surface area (Å²) in [5.41, 5.74) is 1.07. The molecule has 1 aliphatic rings. The maximum Gasteiger partial charge on any atom is 0.218 e. The van der Waals surface area contributed by atoms with Gasteiger partial charge in [0.2, 0.25) is 5.88 Å². The number of guanidine groups is 1. The van der Waals surface area contributed by atoms with Gasteiger partial charge in [0.05, 0.1) is 0 Å². The van der Waals surface area contributed by atoms with Crippen LogP contribution in [0.5, 0.6) is 5.88 Å². The van der Waals surface area contributed by atoms with Crippen LogP contribution in [0.15, 0.2) is 23.3 Å². The van der Waals surface area contributed by atoms with Crippen LogP contribution in [-0.2, 0) is 6.54 Å². The van der Waals surface area contributed by atoms with Gasteiger partial charge in [0.1, 0.15) is 6.10 Å². The van der Waals surface area contributed by atoms with E-state index in [-0.39, 0.29) is 0 Å². The minimum Gasteiger partial charge on any atom is -0.474 e. The fourth-order valence-electron chi connectivity index (χ4n) is 2.54. The van der Waals surface area contributed by atoms with Gasteiger partial charge in [-0.3, -0.25) is 4.99 Å². The quantitative estimate of drug-likeness (QED) is 0.627. The number of rotatable bonds is 6. The smallest absolute Gasteiger partial charge is 0.218 e. The zero-order chi connectivity index (χ0) is 15.8. The first kappa shape index (κ1) is 16.6. The van der Waals surface area contributed by atoms with Crippen molar-refractivity contribution in [3.05, 3.63) is 23.9 Å². The van der Waals surface area contributed by atoms with Crippen LogP contribution in [0.1, 0.15) is 51.5 Å². The molecule has 1 unspecified atom stereocenters. The van der Waals surface area contributed by atoms with Crippen LogP contribution in [0.2, 0.25) is 0 Å². The van der Waals surface area contributed by atoms with E-state index in [1.807, 2.05) is 6.07 Å². The zero-order valence-electron chi connectivity index (χ0n) is 13.9. The molecule has 0 aromatic carbocycles. The Hall–Kier alpha value is -1.78. The maximum atomic E-state index is 6.06.